The van der Waals surface area contributed by atoms with Gasteiger partial charge in [0.15, 0.2) is 0 Å². The summed E-state index contributed by atoms with van der Waals surface area (Å²) in [6.45, 7) is 1.48. The van der Waals surface area contributed by atoms with Crippen LogP contribution in [0, 0.1) is 0 Å². The Morgan fingerprint density at radius 3 is 2.58 bits per heavy atom. The van der Waals surface area contributed by atoms with Gasteiger partial charge in [0.25, 0.3) is 0 Å². The zero-order chi connectivity index (χ0) is 16.8. The standard InChI is InChI=1S/C18H22N2O3S/c21-24(22,13-9-16-4-2-1-3-5-16)20-12-8-18(14-20)23-15-17-6-10-19-11-7-17/h1-7,10-11,18H,8-9,12-15H2/t18-/m1/s1. The Hall–Kier alpha value is -1.76. The van der Waals surface area contributed by atoms with Gasteiger partial charge in [-0.05, 0) is 36.1 Å². The fraction of sp³-hybridized carbons (Fsp3) is 0.389. The van der Waals surface area contributed by atoms with Gasteiger partial charge in [-0.15, -0.1) is 0 Å². The van der Waals surface area contributed by atoms with Crippen molar-refractivity contribution in [2.45, 2.75) is 25.6 Å². The molecule has 1 aliphatic rings. The molecule has 128 valence electrons. The summed E-state index contributed by atoms with van der Waals surface area (Å²) in [6, 6.07) is 13.5. The topological polar surface area (TPSA) is 59.5 Å². The molecule has 1 saturated heterocycles. The van der Waals surface area contributed by atoms with Gasteiger partial charge in [-0.1, -0.05) is 30.3 Å². The number of hydrogen-bond donors (Lipinski definition) is 0. The van der Waals surface area contributed by atoms with Crippen molar-refractivity contribution >= 4 is 10.0 Å². The second-order valence-corrected chi connectivity index (χ2v) is 8.08. The molecule has 0 bridgehead atoms. The molecule has 1 fully saturated rings. The first-order valence-corrected chi connectivity index (χ1v) is 9.77. The van der Waals surface area contributed by atoms with E-state index in [0.29, 0.717) is 26.1 Å². The number of aromatic nitrogens is 1. The van der Waals surface area contributed by atoms with Crippen LogP contribution in [0.25, 0.3) is 0 Å². The fourth-order valence-electron chi connectivity index (χ4n) is 2.80. The largest absolute Gasteiger partial charge is 0.372 e. The molecule has 2 aromatic rings. The van der Waals surface area contributed by atoms with Gasteiger partial charge in [0.2, 0.25) is 10.0 Å². The Bertz CT molecular complexity index is 735. The first kappa shape index (κ1) is 17.1. The summed E-state index contributed by atoms with van der Waals surface area (Å²) in [5, 5.41) is 0. The fourth-order valence-corrected chi connectivity index (χ4v) is 4.33. The molecule has 1 aromatic carbocycles. The van der Waals surface area contributed by atoms with E-state index in [-0.39, 0.29) is 11.9 Å². The highest BCUT2D eigenvalue weighted by Crippen LogP contribution is 2.19. The van der Waals surface area contributed by atoms with Gasteiger partial charge in [-0.2, -0.15) is 4.31 Å². The molecule has 1 aliphatic heterocycles. The molecule has 0 aliphatic carbocycles. The molecule has 0 spiro atoms. The van der Waals surface area contributed by atoms with E-state index in [1.54, 1.807) is 16.7 Å². The van der Waals surface area contributed by atoms with E-state index in [1.165, 1.54) is 0 Å². The minimum Gasteiger partial charge on any atom is -0.372 e. The van der Waals surface area contributed by atoms with Crippen molar-refractivity contribution in [1.29, 1.82) is 0 Å². The van der Waals surface area contributed by atoms with E-state index < -0.39 is 10.0 Å². The van der Waals surface area contributed by atoms with E-state index in [1.807, 2.05) is 42.5 Å². The zero-order valence-corrected chi connectivity index (χ0v) is 14.4. The number of pyridine rings is 1. The maximum absolute atomic E-state index is 12.5. The van der Waals surface area contributed by atoms with Crippen LogP contribution in [0.4, 0.5) is 0 Å². The lowest BCUT2D eigenvalue weighted by molar-refractivity contribution is 0.0508. The van der Waals surface area contributed by atoms with Crippen LogP contribution >= 0.6 is 0 Å². The molecule has 5 nitrogen and oxygen atoms in total. The number of hydrogen-bond acceptors (Lipinski definition) is 4. The molecule has 6 heteroatoms. The quantitative estimate of drug-likeness (QED) is 0.771. The lowest BCUT2D eigenvalue weighted by atomic mass is 10.2. The minimum atomic E-state index is -3.23. The molecule has 24 heavy (non-hydrogen) atoms. The number of ether oxygens (including phenoxy) is 1. The molecule has 0 amide bonds. The summed E-state index contributed by atoms with van der Waals surface area (Å²) in [4.78, 5) is 3.97. The van der Waals surface area contributed by atoms with Gasteiger partial charge >= 0.3 is 0 Å². The predicted octanol–water partition coefficient (Wildman–Crippen LogP) is 2.25. The molecule has 1 atom stereocenters. The normalized spacial score (nSPS) is 18.8. The maximum Gasteiger partial charge on any atom is 0.214 e. The van der Waals surface area contributed by atoms with Crippen LogP contribution in [-0.4, -0.2) is 42.7 Å². The van der Waals surface area contributed by atoms with Gasteiger partial charge in [0.1, 0.15) is 0 Å². The third kappa shape index (κ3) is 4.63. The van der Waals surface area contributed by atoms with Crippen LogP contribution in [0.2, 0.25) is 0 Å². The van der Waals surface area contributed by atoms with Crippen LogP contribution in [0.1, 0.15) is 17.5 Å². The van der Waals surface area contributed by atoms with Crippen molar-refractivity contribution < 1.29 is 13.2 Å². The Balaban J connectivity index is 1.49. The van der Waals surface area contributed by atoms with E-state index in [0.717, 1.165) is 17.5 Å². The van der Waals surface area contributed by atoms with Crippen LogP contribution in [0.15, 0.2) is 54.9 Å². The van der Waals surface area contributed by atoms with Crippen molar-refractivity contribution in [3.63, 3.8) is 0 Å². The van der Waals surface area contributed by atoms with Crippen molar-refractivity contribution in [3.8, 4) is 0 Å². The zero-order valence-electron chi connectivity index (χ0n) is 13.5. The summed E-state index contributed by atoms with van der Waals surface area (Å²) in [6.07, 6.45) is 4.71. The molecular weight excluding hydrogens is 324 g/mol. The van der Waals surface area contributed by atoms with Crippen molar-refractivity contribution in [2.24, 2.45) is 0 Å². The lowest BCUT2D eigenvalue weighted by Crippen LogP contribution is -2.32. The highest BCUT2D eigenvalue weighted by atomic mass is 32.2. The Kier molecular flexibility index (Phi) is 5.60. The molecule has 0 radical (unpaired) electrons. The van der Waals surface area contributed by atoms with Crippen LogP contribution in [-0.2, 0) is 27.8 Å². The number of sulfonamides is 1. The van der Waals surface area contributed by atoms with Gasteiger partial charge in [-0.3, -0.25) is 4.98 Å². The van der Waals surface area contributed by atoms with Crippen molar-refractivity contribution in [1.82, 2.24) is 9.29 Å². The van der Waals surface area contributed by atoms with Gasteiger partial charge in [0.05, 0.1) is 18.5 Å². The molecule has 3 rings (SSSR count). The van der Waals surface area contributed by atoms with E-state index >= 15 is 0 Å². The molecular formula is C18H22N2O3S. The molecule has 0 saturated carbocycles. The highest BCUT2D eigenvalue weighted by Gasteiger charge is 2.31. The average molecular weight is 346 g/mol. The lowest BCUT2D eigenvalue weighted by Gasteiger charge is -2.17. The van der Waals surface area contributed by atoms with Crippen LogP contribution in [0.5, 0.6) is 0 Å². The summed E-state index contributed by atoms with van der Waals surface area (Å²) in [5.74, 6) is 0.147. The molecule has 0 N–H and O–H groups in total. The smallest absolute Gasteiger partial charge is 0.214 e. The van der Waals surface area contributed by atoms with Crippen molar-refractivity contribution in [3.05, 3.63) is 66.0 Å². The third-order valence-electron chi connectivity index (χ3n) is 4.23. The first-order valence-electron chi connectivity index (χ1n) is 8.16. The van der Waals surface area contributed by atoms with Gasteiger partial charge < -0.3 is 4.74 Å². The van der Waals surface area contributed by atoms with Crippen molar-refractivity contribution in [2.75, 3.05) is 18.8 Å². The molecule has 2 heterocycles. The first-order chi connectivity index (χ1) is 11.6. The predicted molar refractivity (Wildman–Crippen MR) is 92.9 cm³/mol. The minimum absolute atomic E-state index is 0.0373. The summed E-state index contributed by atoms with van der Waals surface area (Å²) >= 11 is 0. The summed E-state index contributed by atoms with van der Waals surface area (Å²) < 4.78 is 32.4. The number of benzene rings is 1. The number of aryl methyl sites for hydroxylation is 1. The number of rotatable bonds is 7. The second-order valence-electron chi connectivity index (χ2n) is 5.99. The summed E-state index contributed by atoms with van der Waals surface area (Å²) in [7, 11) is -3.23. The maximum atomic E-state index is 12.5. The Morgan fingerprint density at radius 2 is 1.83 bits per heavy atom. The average Bonchev–Trinajstić information content (AvgIpc) is 3.10. The second kappa shape index (κ2) is 7.88. The Labute approximate surface area is 143 Å². The van der Waals surface area contributed by atoms with Crippen LogP contribution < -0.4 is 0 Å². The highest BCUT2D eigenvalue weighted by molar-refractivity contribution is 7.89. The monoisotopic (exact) mass is 346 g/mol. The van der Waals surface area contributed by atoms with Crippen LogP contribution in [0.3, 0.4) is 0 Å². The molecule has 1 aromatic heterocycles. The third-order valence-corrected chi connectivity index (χ3v) is 6.07. The number of nitrogens with zero attached hydrogens (tertiary/aromatic N) is 2. The van der Waals surface area contributed by atoms with E-state index in [2.05, 4.69) is 4.98 Å². The van der Waals surface area contributed by atoms with E-state index in [9.17, 15) is 8.42 Å². The molecule has 0 unspecified atom stereocenters. The Morgan fingerprint density at radius 1 is 1.08 bits per heavy atom. The summed E-state index contributed by atoms with van der Waals surface area (Å²) in [5.41, 5.74) is 2.10. The van der Waals surface area contributed by atoms with Gasteiger partial charge in [-0.25, -0.2) is 8.42 Å². The van der Waals surface area contributed by atoms with Gasteiger partial charge in [0, 0.05) is 25.5 Å². The SMILES string of the molecule is O=S(=O)(CCc1ccccc1)N1CC[C@@H](OCc2ccncc2)C1. The van der Waals surface area contributed by atoms with E-state index in [4.69, 9.17) is 4.74 Å².